The second-order valence-corrected chi connectivity index (χ2v) is 8.51. The maximum Gasteiger partial charge on any atom is 0.244 e. The number of hydrazone groups is 1. The van der Waals surface area contributed by atoms with Crippen molar-refractivity contribution in [2.24, 2.45) is 11.0 Å². The second kappa shape index (κ2) is 9.75. The van der Waals surface area contributed by atoms with Gasteiger partial charge in [0.15, 0.2) is 0 Å². The topological polar surface area (TPSA) is 50.7 Å². The zero-order valence-corrected chi connectivity index (χ0v) is 18.8. The van der Waals surface area contributed by atoms with Crippen molar-refractivity contribution in [3.8, 4) is 5.75 Å². The summed E-state index contributed by atoms with van der Waals surface area (Å²) in [5, 5.41) is 4.27. The molecule has 168 valence electrons. The summed E-state index contributed by atoms with van der Waals surface area (Å²) in [6, 6.07) is 38.2. The van der Waals surface area contributed by atoms with Crippen LogP contribution in [0.3, 0.4) is 0 Å². The fourth-order valence-electron chi connectivity index (χ4n) is 4.55. The summed E-state index contributed by atoms with van der Waals surface area (Å²) in [5.41, 5.74) is 6.68. The third-order valence-corrected chi connectivity index (χ3v) is 6.39. The Labute approximate surface area is 199 Å². The van der Waals surface area contributed by atoms with E-state index in [1.807, 2.05) is 91.0 Å². The van der Waals surface area contributed by atoms with E-state index in [4.69, 9.17) is 4.74 Å². The number of rotatable bonds is 8. The molecule has 0 spiro atoms. The lowest BCUT2D eigenvalue weighted by Gasteiger charge is -2.18. The summed E-state index contributed by atoms with van der Waals surface area (Å²) in [4.78, 5) is 13.1. The Morgan fingerprint density at radius 2 is 1.38 bits per heavy atom. The summed E-state index contributed by atoms with van der Waals surface area (Å²) in [7, 11) is 0. The fraction of sp³-hybridized carbons (Fsp3) is 0.133. The molecule has 0 aliphatic heterocycles. The number of hydrogen-bond acceptors (Lipinski definition) is 3. The first-order valence-electron chi connectivity index (χ1n) is 11.5. The molecule has 1 amide bonds. The van der Waals surface area contributed by atoms with Crippen LogP contribution in [0.15, 0.2) is 120 Å². The standard InChI is InChI=1S/C30H26N2O2/c33-29(27-20-30(27,25-15-6-2-7-16-25)26-17-8-3-9-18-26)32-31-21-24-14-10-11-19-28(24)34-22-23-12-4-1-5-13-23/h1-19,21,27H,20,22H2,(H,32,33)/t27-/m1/s1. The predicted molar refractivity (Wildman–Crippen MR) is 135 cm³/mol. The van der Waals surface area contributed by atoms with Crippen molar-refractivity contribution in [1.29, 1.82) is 0 Å². The molecular weight excluding hydrogens is 420 g/mol. The number of carbonyl (C=O) groups is 1. The van der Waals surface area contributed by atoms with E-state index in [2.05, 4.69) is 34.8 Å². The van der Waals surface area contributed by atoms with Gasteiger partial charge in [0.05, 0.1) is 12.1 Å². The van der Waals surface area contributed by atoms with Crippen molar-refractivity contribution in [2.45, 2.75) is 18.4 Å². The summed E-state index contributed by atoms with van der Waals surface area (Å²) < 4.78 is 5.99. The van der Waals surface area contributed by atoms with Gasteiger partial charge in [0, 0.05) is 11.0 Å². The lowest BCUT2D eigenvalue weighted by atomic mass is 9.85. The van der Waals surface area contributed by atoms with Gasteiger partial charge in [-0.3, -0.25) is 4.79 Å². The minimum atomic E-state index is -0.307. The molecule has 1 N–H and O–H groups in total. The Balaban J connectivity index is 1.28. The molecular formula is C30H26N2O2. The number of carbonyl (C=O) groups excluding carboxylic acids is 1. The molecule has 0 bridgehead atoms. The van der Waals surface area contributed by atoms with Crippen molar-refractivity contribution < 1.29 is 9.53 Å². The number of benzene rings is 4. The van der Waals surface area contributed by atoms with Gasteiger partial charge < -0.3 is 4.74 Å². The Bertz CT molecular complexity index is 1230. The third kappa shape index (κ3) is 4.48. The normalized spacial score (nSPS) is 16.2. The largest absolute Gasteiger partial charge is 0.488 e. The number of amides is 1. The van der Waals surface area contributed by atoms with Crippen LogP contribution in [-0.2, 0) is 16.8 Å². The van der Waals surface area contributed by atoms with Crippen LogP contribution >= 0.6 is 0 Å². The van der Waals surface area contributed by atoms with Crippen molar-refractivity contribution in [3.05, 3.63) is 138 Å². The average molecular weight is 447 g/mol. The molecule has 0 unspecified atom stereocenters. The lowest BCUT2D eigenvalue weighted by Crippen LogP contribution is -2.25. The van der Waals surface area contributed by atoms with Crippen LogP contribution in [0.5, 0.6) is 5.75 Å². The first kappa shape index (κ1) is 21.7. The molecule has 1 atom stereocenters. The van der Waals surface area contributed by atoms with Crippen molar-refractivity contribution in [2.75, 3.05) is 0 Å². The van der Waals surface area contributed by atoms with E-state index in [0.29, 0.717) is 6.61 Å². The average Bonchev–Trinajstić information content (AvgIpc) is 3.67. The van der Waals surface area contributed by atoms with Crippen molar-refractivity contribution in [3.63, 3.8) is 0 Å². The molecule has 5 rings (SSSR count). The quantitative estimate of drug-likeness (QED) is 0.278. The summed E-state index contributed by atoms with van der Waals surface area (Å²) >= 11 is 0. The van der Waals surface area contributed by atoms with Gasteiger partial charge >= 0.3 is 0 Å². The van der Waals surface area contributed by atoms with Gasteiger partial charge in [0.25, 0.3) is 0 Å². The molecule has 1 aliphatic carbocycles. The van der Waals surface area contributed by atoms with E-state index in [9.17, 15) is 4.79 Å². The molecule has 1 aliphatic rings. The molecule has 4 heteroatoms. The predicted octanol–water partition coefficient (Wildman–Crippen LogP) is 5.72. The summed E-state index contributed by atoms with van der Waals surface area (Å²) in [6.45, 7) is 0.469. The van der Waals surface area contributed by atoms with E-state index < -0.39 is 0 Å². The molecule has 1 fully saturated rings. The number of hydrogen-bond donors (Lipinski definition) is 1. The summed E-state index contributed by atoms with van der Waals surface area (Å²) in [5.74, 6) is 0.476. The minimum absolute atomic E-state index is 0.0772. The van der Waals surface area contributed by atoms with Gasteiger partial charge in [-0.05, 0) is 35.2 Å². The van der Waals surface area contributed by atoms with E-state index in [1.165, 1.54) is 0 Å². The van der Waals surface area contributed by atoms with Crippen LogP contribution in [-0.4, -0.2) is 12.1 Å². The number of nitrogens with one attached hydrogen (secondary N) is 1. The minimum Gasteiger partial charge on any atom is -0.488 e. The van der Waals surface area contributed by atoms with Crippen LogP contribution < -0.4 is 10.2 Å². The van der Waals surface area contributed by atoms with E-state index in [0.717, 1.165) is 34.4 Å². The lowest BCUT2D eigenvalue weighted by molar-refractivity contribution is -0.122. The Morgan fingerprint density at radius 1 is 0.824 bits per heavy atom. The maximum absolute atomic E-state index is 13.1. The molecule has 34 heavy (non-hydrogen) atoms. The number of nitrogens with zero attached hydrogens (tertiary/aromatic N) is 1. The first-order chi connectivity index (χ1) is 16.8. The zero-order chi connectivity index (χ0) is 23.2. The molecule has 0 saturated heterocycles. The van der Waals surface area contributed by atoms with E-state index >= 15 is 0 Å². The summed E-state index contributed by atoms with van der Waals surface area (Å²) in [6.07, 6.45) is 2.41. The molecule has 4 aromatic rings. The highest BCUT2D eigenvalue weighted by Gasteiger charge is 2.60. The second-order valence-electron chi connectivity index (χ2n) is 8.51. The smallest absolute Gasteiger partial charge is 0.244 e. The van der Waals surface area contributed by atoms with Crippen molar-refractivity contribution >= 4 is 12.1 Å². The van der Waals surface area contributed by atoms with E-state index in [1.54, 1.807) is 6.21 Å². The third-order valence-electron chi connectivity index (χ3n) is 6.39. The molecule has 0 aromatic heterocycles. The van der Waals surface area contributed by atoms with Gasteiger partial charge in [-0.2, -0.15) is 5.10 Å². The van der Waals surface area contributed by atoms with Crippen LogP contribution in [0.1, 0.15) is 28.7 Å². The Kier molecular flexibility index (Phi) is 6.21. The van der Waals surface area contributed by atoms with Crippen LogP contribution in [0.25, 0.3) is 0 Å². The van der Waals surface area contributed by atoms with Crippen molar-refractivity contribution in [1.82, 2.24) is 5.43 Å². The zero-order valence-electron chi connectivity index (χ0n) is 18.8. The highest BCUT2D eigenvalue weighted by atomic mass is 16.5. The Morgan fingerprint density at radius 3 is 2.03 bits per heavy atom. The molecule has 4 aromatic carbocycles. The highest BCUT2D eigenvalue weighted by Crippen LogP contribution is 2.58. The van der Waals surface area contributed by atoms with Gasteiger partial charge in [-0.15, -0.1) is 0 Å². The maximum atomic E-state index is 13.1. The fourth-order valence-corrected chi connectivity index (χ4v) is 4.55. The molecule has 0 heterocycles. The monoisotopic (exact) mass is 446 g/mol. The highest BCUT2D eigenvalue weighted by molar-refractivity contribution is 5.88. The SMILES string of the molecule is O=C(NN=Cc1ccccc1OCc1ccccc1)[C@H]1CC1(c1ccccc1)c1ccccc1. The van der Waals surface area contributed by atoms with E-state index in [-0.39, 0.29) is 17.2 Å². The van der Waals surface area contributed by atoms with Gasteiger partial charge in [-0.25, -0.2) is 5.43 Å². The number of ether oxygens (including phenoxy) is 1. The molecule has 0 radical (unpaired) electrons. The van der Waals surface area contributed by atoms with Crippen LogP contribution in [0.2, 0.25) is 0 Å². The number of para-hydroxylation sites is 1. The molecule has 4 nitrogen and oxygen atoms in total. The Hall–Kier alpha value is -4.18. The van der Waals surface area contributed by atoms with Crippen LogP contribution in [0, 0.1) is 5.92 Å². The van der Waals surface area contributed by atoms with Gasteiger partial charge in [0.1, 0.15) is 12.4 Å². The van der Waals surface area contributed by atoms with Gasteiger partial charge in [-0.1, -0.05) is 103 Å². The van der Waals surface area contributed by atoms with Crippen LogP contribution in [0.4, 0.5) is 0 Å². The van der Waals surface area contributed by atoms with Gasteiger partial charge in [0.2, 0.25) is 5.91 Å². The first-order valence-corrected chi connectivity index (χ1v) is 11.5. The molecule has 1 saturated carbocycles.